The second-order valence-corrected chi connectivity index (χ2v) is 7.00. The fraction of sp³-hybridized carbons (Fsp3) is 0.200. The second kappa shape index (κ2) is 6.47. The van der Waals surface area contributed by atoms with E-state index in [4.69, 9.17) is 17.3 Å². The average Bonchev–Trinajstić information content (AvgIpc) is 2.45. The van der Waals surface area contributed by atoms with Gasteiger partial charge in [-0.05, 0) is 29.7 Å². The number of nitrogen functional groups attached to an aromatic ring is 1. The summed E-state index contributed by atoms with van der Waals surface area (Å²) in [5, 5.41) is 0.120. The van der Waals surface area contributed by atoms with Crippen molar-refractivity contribution in [2.45, 2.75) is 17.7 Å². The molecule has 0 saturated heterocycles. The number of rotatable bonds is 5. The van der Waals surface area contributed by atoms with Gasteiger partial charge in [0.1, 0.15) is 4.90 Å². The molecule has 2 aromatic rings. The number of hydrogen-bond acceptors (Lipinski definition) is 3. The van der Waals surface area contributed by atoms with E-state index < -0.39 is 10.0 Å². The Balaban J connectivity index is 2.11. The van der Waals surface area contributed by atoms with Crippen molar-refractivity contribution in [3.63, 3.8) is 0 Å². The lowest BCUT2D eigenvalue weighted by Gasteiger charge is -2.14. The van der Waals surface area contributed by atoms with Gasteiger partial charge in [0.15, 0.2) is 0 Å². The lowest BCUT2D eigenvalue weighted by atomic mass is 10.0. The predicted octanol–water partition coefficient (Wildman–Crippen LogP) is 3.00. The first-order valence-corrected chi connectivity index (χ1v) is 8.36. The molecular weight excluding hydrogens is 308 g/mol. The van der Waals surface area contributed by atoms with E-state index in [1.165, 1.54) is 18.2 Å². The van der Waals surface area contributed by atoms with Gasteiger partial charge in [0.25, 0.3) is 0 Å². The van der Waals surface area contributed by atoms with Crippen molar-refractivity contribution in [1.29, 1.82) is 0 Å². The molecule has 6 heteroatoms. The normalized spacial score (nSPS) is 13.0. The molecule has 0 heterocycles. The third-order valence-electron chi connectivity index (χ3n) is 3.19. The van der Waals surface area contributed by atoms with Crippen LogP contribution in [0.4, 0.5) is 5.69 Å². The Morgan fingerprint density at radius 1 is 1.19 bits per heavy atom. The summed E-state index contributed by atoms with van der Waals surface area (Å²) in [6, 6.07) is 14.1. The molecule has 4 nitrogen and oxygen atoms in total. The monoisotopic (exact) mass is 324 g/mol. The van der Waals surface area contributed by atoms with E-state index in [-0.39, 0.29) is 15.8 Å². The van der Waals surface area contributed by atoms with Crippen LogP contribution in [-0.2, 0) is 10.0 Å². The van der Waals surface area contributed by atoms with Crippen molar-refractivity contribution in [1.82, 2.24) is 4.72 Å². The van der Waals surface area contributed by atoms with E-state index in [1.807, 2.05) is 37.3 Å². The molecule has 0 aliphatic carbocycles. The molecule has 0 spiro atoms. The molecule has 112 valence electrons. The molecule has 0 fully saturated rings. The second-order valence-electron chi connectivity index (χ2n) is 4.85. The zero-order valence-corrected chi connectivity index (χ0v) is 13.2. The van der Waals surface area contributed by atoms with Gasteiger partial charge in [-0.1, -0.05) is 48.9 Å². The molecule has 0 aliphatic heterocycles. The molecule has 1 unspecified atom stereocenters. The average molecular weight is 325 g/mol. The van der Waals surface area contributed by atoms with Gasteiger partial charge in [-0.15, -0.1) is 0 Å². The van der Waals surface area contributed by atoms with E-state index in [1.54, 1.807) is 0 Å². The Hall–Kier alpha value is -1.56. The summed E-state index contributed by atoms with van der Waals surface area (Å²) in [5.74, 6) is 0.0635. The maximum absolute atomic E-state index is 12.3. The molecule has 0 aromatic heterocycles. The van der Waals surface area contributed by atoms with Gasteiger partial charge < -0.3 is 5.73 Å². The van der Waals surface area contributed by atoms with Crippen LogP contribution in [0.15, 0.2) is 53.4 Å². The molecule has 0 radical (unpaired) electrons. The van der Waals surface area contributed by atoms with Crippen LogP contribution in [0, 0.1) is 0 Å². The van der Waals surface area contributed by atoms with Crippen LogP contribution in [0.25, 0.3) is 0 Å². The van der Waals surface area contributed by atoms with Crippen LogP contribution in [-0.4, -0.2) is 15.0 Å². The number of anilines is 1. The summed E-state index contributed by atoms with van der Waals surface area (Å²) in [7, 11) is -3.65. The van der Waals surface area contributed by atoms with Crippen LogP contribution in [0.5, 0.6) is 0 Å². The smallest absolute Gasteiger partial charge is 0.242 e. The fourth-order valence-corrected chi connectivity index (χ4v) is 3.63. The minimum Gasteiger partial charge on any atom is -0.399 e. The summed E-state index contributed by atoms with van der Waals surface area (Å²) in [5.41, 5.74) is 7.07. The van der Waals surface area contributed by atoms with E-state index in [9.17, 15) is 8.42 Å². The number of sulfonamides is 1. The molecule has 3 N–H and O–H groups in total. The van der Waals surface area contributed by atoms with Gasteiger partial charge in [0, 0.05) is 12.2 Å². The third kappa shape index (κ3) is 3.97. The predicted molar refractivity (Wildman–Crippen MR) is 85.9 cm³/mol. The number of nitrogens with one attached hydrogen (secondary N) is 1. The minimum atomic E-state index is -3.65. The topological polar surface area (TPSA) is 72.2 Å². The van der Waals surface area contributed by atoms with Crippen LogP contribution >= 0.6 is 11.6 Å². The zero-order chi connectivity index (χ0) is 15.5. The first kappa shape index (κ1) is 15.8. The van der Waals surface area contributed by atoms with Crippen molar-refractivity contribution < 1.29 is 8.42 Å². The van der Waals surface area contributed by atoms with Gasteiger partial charge in [0.2, 0.25) is 10.0 Å². The van der Waals surface area contributed by atoms with Gasteiger partial charge in [-0.2, -0.15) is 0 Å². The first-order chi connectivity index (χ1) is 9.90. The highest BCUT2D eigenvalue weighted by Gasteiger charge is 2.19. The largest absolute Gasteiger partial charge is 0.399 e. The van der Waals surface area contributed by atoms with Crippen LogP contribution < -0.4 is 10.5 Å². The highest BCUT2D eigenvalue weighted by Crippen LogP contribution is 2.24. The Morgan fingerprint density at radius 3 is 2.48 bits per heavy atom. The standard InChI is InChI=1S/C15H17ClN2O2S/c1-11(12-5-3-2-4-6-12)10-18-21(19,20)15-8-7-13(17)9-14(15)16/h2-9,11,18H,10,17H2,1H3. The maximum Gasteiger partial charge on any atom is 0.242 e. The lowest BCUT2D eigenvalue weighted by Crippen LogP contribution is -2.28. The van der Waals surface area contributed by atoms with E-state index >= 15 is 0 Å². The van der Waals surface area contributed by atoms with Crippen molar-refractivity contribution in [2.75, 3.05) is 12.3 Å². The van der Waals surface area contributed by atoms with Gasteiger partial charge in [-0.3, -0.25) is 0 Å². The Morgan fingerprint density at radius 2 is 1.86 bits per heavy atom. The summed E-state index contributed by atoms with van der Waals surface area (Å²) in [6.07, 6.45) is 0. The van der Waals surface area contributed by atoms with Crippen molar-refractivity contribution in [3.05, 3.63) is 59.1 Å². The Bertz CT molecular complexity index is 718. The molecule has 0 amide bonds. The fourth-order valence-electron chi connectivity index (χ4n) is 1.95. The number of halogens is 1. The van der Waals surface area contributed by atoms with Crippen molar-refractivity contribution in [2.24, 2.45) is 0 Å². The van der Waals surface area contributed by atoms with Crippen LogP contribution in [0.2, 0.25) is 5.02 Å². The van der Waals surface area contributed by atoms with Gasteiger partial charge in [0.05, 0.1) is 5.02 Å². The molecule has 2 aromatic carbocycles. The van der Waals surface area contributed by atoms with Crippen molar-refractivity contribution >= 4 is 27.3 Å². The van der Waals surface area contributed by atoms with E-state index in [2.05, 4.69) is 4.72 Å². The summed E-state index contributed by atoms with van der Waals surface area (Å²) < 4.78 is 27.1. The van der Waals surface area contributed by atoms with E-state index in [0.29, 0.717) is 12.2 Å². The van der Waals surface area contributed by atoms with E-state index in [0.717, 1.165) is 5.56 Å². The molecule has 0 bridgehead atoms. The molecule has 0 saturated carbocycles. The minimum absolute atomic E-state index is 0.0404. The Kier molecular flexibility index (Phi) is 4.88. The summed E-state index contributed by atoms with van der Waals surface area (Å²) >= 11 is 5.95. The summed E-state index contributed by atoms with van der Waals surface area (Å²) in [4.78, 5) is 0.0404. The maximum atomic E-state index is 12.3. The van der Waals surface area contributed by atoms with Crippen LogP contribution in [0.1, 0.15) is 18.4 Å². The molecule has 1 atom stereocenters. The highest BCUT2D eigenvalue weighted by atomic mass is 35.5. The quantitative estimate of drug-likeness (QED) is 0.830. The third-order valence-corrected chi connectivity index (χ3v) is 5.10. The SMILES string of the molecule is CC(CNS(=O)(=O)c1ccc(N)cc1Cl)c1ccccc1. The summed E-state index contributed by atoms with van der Waals surface area (Å²) in [6.45, 7) is 2.26. The Labute approximate surface area is 130 Å². The van der Waals surface area contributed by atoms with Crippen LogP contribution in [0.3, 0.4) is 0 Å². The number of nitrogens with two attached hydrogens (primary N) is 1. The molecule has 2 rings (SSSR count). The van der Waals surface area contributed by atoms with Gasteiger partial charge in [-0.25, -0.2) is 13.1 Å². The van der Waals surface area contributed by atoms with Gasteiger partial charge >= 0.3 is 0 Å². The number of benzene rings is 2. The van der Waals surface area contributed by atoms with Crippen molar-refractivity contribution in [3.8, 4) is 0 Å². The lowest BCUT2D eigenvalue weighted by molar-refractivity contribution is 0.575. The molecule has 0 aliphatic rings. The first-order valence-electron chi connectivity index (χ1n) is 6.50. The highest BCUT2D eigenvalue weighted by molar-refractivity contribution is 7.89. The zero-order valence-electron chi connectivity index (χ0n) is 11.6. The number of hydrogen-bond donors (Lipinski definition) is 2. The molecular formula is C15H17ClN2O2S. The molecule has 21 heavy (non-hydrogen) atoms.